The number of likely N-dealkylation sites (tertiary alicyclic amines) is 1. The molecule has 0 aliphatic carbocycles. The normalized spacial score (nSPS) is 21.0. The number of hydrogen-bond donors (Lipinski definition) is 0. The van der Waals surface area contributed by atoms with E-state index in [1.165, 1.54) is 0 Å². The zero-order chi connectivity index (χ0) is 17.2. The summed E-state index contributed by atoms with van der Waals surface area (Å²) in [6.07, 6.45) is 4.64. The van der Waals surface area contributed by atoms with Gasteiger partial charge >= 0.3 is 0 Å². The van der Waals surface area contributed by atoms with Gasteiger partial charge < -0.3 is 9.30 Å². The van der Waals surface area contributed by atoms with Crippen molar-refractivity contribution in [2.24, 2.45) is 7.05 Å². The van der Waals surface area contributed by atoms with Crippen molar-refractivity contribution in [2.75, 3.05) is 13.7 Å². The molecule has 0 saturated carbocycles. The highest BCUT2D eigenvalue weighted by atomic mass is 16.5. The molecule has 4 rings (SSSR count). The Morgan fingerprint density at radius 1 is 1.24 bits per heavy atom. The van der Waals surface area contributed by atoms with Gasteiger partial charge in [-0.3, -0.25) is 4.90 Å². The van der Waals surface area contributed by atoms with Gasteiger partial charge in [0.15, 0.2) is 0 Å². The van der Waals surface area contributed by atoms with Gasteiger partial charge in [-0.25, -0.2) is 0 Å². The summed E-state index contributed by atoms with van der Waals surface area (Å²) in [6, 6.07) is 10.1. The summed E-state index contributed by atoms with van der Waals surface area (Å²) in [4.78, 5) is 3.99. The smallest absolute Gasteiger partial charge is 0.150 e. The summed E-state index contributed by atoms with van der Waals surface area (Å²) in [5.41, 5.74) is 1.88. The fraction of sp³-hybridized carbons (Fsp3) is 0.412. The zero-order valence-corrected chi connectivity index (χ0v) is 14.4. The van der Waals surface area contributed by atoms with Crippen molar-refractivity contribution in [1.29, 1.82) is 0 Å². The van der Waals surface area contributed by atoms with E-state index in [-0.39, 0.29) is 12.1 Å². The van der Waals surface area contributed by atoms with Crippen molar-refractivity contribution in [3.8, 4) is 5.69 Å². The molecule has 1 aliphatic heterocycles. The number of hydrogen-bond acceptors (Lipinski definition) is 6. The Hall–Kier alpha value is -2.58. The number of methoxy groups -OCH3 is 1. The first-order valence-corrected chi connectivity index (χ1v) is 8.32. The number of para-hydroxylation sites is 1. The van der Waals surface area contributed by atoms with Gasteiger partial charge in [0.25, 0.3) is 0 Å². The minimum Gasteiger partial charge on any atom is -0.380 e. The lowest BCUT2D eigenvalue weighted by molar-refractivity contribution is 0.107. The van der Waals surface area contributed by atoms with Crippen LogP contribution in [0.2, 0.25) is 0 Å². The van der Waals surface area contributed by atoms with Crippen molar-refractivity contribution in [3.05, 3.63) is 54.4 Å². The summed E-state index contributed by atoms with van der Waals surface area (Å²) < 4.78 is 7.55. The van der Waals surface area contributed by atoms with Crippen molar-refractivity contribution in [1.82, 2.24) is 34.7 Å². The summed E-state index contributed by atoms with van der Waals surface area (Å²) >= 11 is 0. The fourth-order valence-electron chi connectivity index (χ4n) is 3.33. The molecule has 2 atom stereocenters. The van der Waals surface area contributed by atoms with Crippen LogP contribution >= 0.6 is 0 Å². The molecule has 2 aromatic heterocycles. The predicted octanol–water partition coefficient (Wildman–Crippen LogP) is 1.36. The number of nitrogens with zero attached hydrogens (tertiary/aromatic N) is 7. The minimum atomic E-state index is 0.166. The van der Waals surface area contributed by atoms with E-state index in [0.29, 0.717) is 6.54 Å². The molecule has 130 valence electrons. The van der Waals surface area contributed by atoms with Gasteiger partial charge in [0, 0.05) is 27.2 Å². The standard InChI is InChI=1S/C17H21N7O/c1-22-12-18-20-17(22)16-8-15(25-2)11-23(16)10-13-9-19-24(21-13)14-6-4-3-5-7-14/h3-7,9,12,15-16H,8,10-11H2,1-2H3/t15-,16+/m1/s1. The first-order chi connectivity index (χ1) is 12.2. The van der Waals surface area contributed by atoms with Crippen LogP contribution in [0.1, 0.15) is 24.0 Å². The average molecular weight is 339 g/mol. The maximum absolute atomic E-state index is 5.58. The fourth-order valence-corrected chi connectivity index (χ4v) is 3.33. The Labute approximate surface area is 146 Å². The lowest BCUT2D eigenvalue weighted by Crippen LogP contribution is -2.26. The molecule has 0 spiro atoms. The first-order valence-electron chi connectivity index (χ1n) is 8.32. The molecule has 0 N–H and O–H groups in total. The van der Waals surface area contributed by atoms with Crippen LogP contribution in [0.3, 0.4) is 0 Å². The van der Waals surface area contributed by atoms with Gasteiger partial charge in [-0.15, -0.1) is 10.2 Å². The summed E-state index contributed by atoms with van der Waals surface area (Å²) in [7, 11) is 3.73. The molecule has 1 aliphatic rings. The highest BCUT2D eigenvalue weighted by Crippen LogP contribution is 2.32. The molecule has 8 nitrogen and oxygen atoms in total. The topological polar surface area (TPSA) is 73.9 Å². The second-order valence-electron chi connectivity index (χ2n) is 6.30. The van der Waals surface area contributed by atoms with Crippen LogP contribution in [0.4, 0.5) is 0 Å². The van der Waals surface area contributed by atoms with Crippen LogP contribution in [0.25, 0.3) is 5.69 Å². The number of ether oxygens (including phenoxy) is 1. The Balaban J connectivity index is 1.54. The predicted molar refractivity (Wildman–Crippen MR) is 90.9 cm³/mol. The molecule has 3 heterocycles. The Kier molecular flexibility index (Phi) is 4.29. The Morgan fingerprint density at radius 3 is 2.80 bits per heavy atom. The monoisotopic (exact) mass is 339 g/mol. The maximum Gasteiger partial charge on any atom is 0.150 e. The minimum absolute atomic E-state index is 0.166. The molecule has 3 aromatic rings. The average Bonchev–Trinajstić information content (AvgIpc) is 3.36. The van der Waals surface area contributed by atoms with Gasteiger partial charge in [0.1, 0.15) is 12.2 Å². The maximum atomic E-state index is 5.58. The molecule has 25 heavy (non-hydrogen) atoms. The molecule has 1 aromatic carbocycles. The molecule has 8 heteroatoms. The van der Waals surface area contributed by atoms with Crippen molar-refractivity contribution >= 4 is 0 Å². The van der Waals surface area contributed by atoms with Crippen LogP contribution in [0.15, 0.2) is 42.9 Å². The van der Waals surface area contributed by atoms with Gasteiger partial charge in [-0.2, -0.15) is 15.0 Å². The van der Waals surface area contributed by atoms with E-state index in [0.717, 1.165) is 30.2 Å². The van der Waals surface area contributed by atoms with E-state index in [2.05, 4.69) is 25.3 Å². The number of aryl methyl sites for hydroxylation is 1. The second kappa shape index (κ2) is 6.73. The molecule has 1 fully saturated rings. The van der Waals surface area contributed by atoms with Crippen molar-refractivity contribution in [2.45, 2.75) is 25.1 Å². The van der Waals surface area contributed by atoms with Crippen LogP contribution in [0.5, 0.6) is 0 Å². The molecular formula is C17H21N7O. The lowest BCUT2D eigenvalue weighted by Gasteiger charge is -2.21. The van der Waals surface area contributed by atoms with Crippen molar-refractivity contribution in [3.63, 3.8) is 0 Å². The van der Waals surface area contributed by atoms with E-state index in [1.807, 2.05) is 48.1 Å². The summed E-state index contributed by atoms with van der Waals surface area (Å²) in [6.45, 7) is 1.54. The number of rotatable bonds is 5. The van der Waals surface area contributed by atoms with Gasteiger partial charge in [0.05, 0.1) is 29.7 Å². The van der Waals surface area contributed by atoms with Crippen molar-refractivity contribution < 1.29 is 4.74 Å². The van der Waals surface area contributed by atoms with Crippen LogP contribution in [0, 0.1) is 0 Å². The SMILES string of the molecule is CO[C@@H]1C[C@@H](c2nncn2C)N(Cc2cnn(-c3ccccc3)n2)C1. The highest BCUT2D eigenvalue weighted by Gasteiger charge is 2.36. The van der Waals surface area contributed by atoms with Gasteiger partial charge in [0.2, 0.25) is 0 Å². The highest BCUT2D eigenvalue weighted by molar-refractivity contribution is 5.28. The van der Waals surface area contributed by atoms with Gasteiger partial charge in [-0.1, -0.05) is 18.2 Å². The molecule has 0 amide bonds. The Morgan fingerprint density at radius 2 is 2.08 bits per heavy atom. The van der Waals surface area contributed by atoms with Crippen LogP contribution < -0.4 is 0 Å². The lowest BCUT2D eigenvalue weighted by atomic mass is 10.2. The first kappa shape index (κ1) is 15.9. The molecular weight excluding hydrogens is 318 g/mol. The Bertz CT molecular complexity index is 828. The van der Waals surface area contributed by atoms with E-state index < -0.39 is 0 Å². The van der Waals surface area contributed by atoms with Gasteiger partial charge in [-0.05, 0) is 18.6 Å². The van der Waals surface area contributed by atoms with E-state index >= 15 is 0 Å². The zero-order valence-electron chi connectivity index (χ0n) is 14.4. The largest absolute Gasteiger partial charge is 0.380 e. The summed E-state index contributed by atoms with van der Waals surface area (Å²) in [5.74, 6) is 0.954. The quantitative estimate of drug-likeness (QED) is 0.699. The summed E-state index contributed by atoms with van der Waals surface area (Å²) in [5, 5.41) is 17.3. The third-order valence-corrected chi connectivity index (χ3v) is 4.63. The number of benzene rings is 1. The molecule has 0 unspecified atom stereocenters. The third kappa shape index (κ3) is 3.18. The van der Waals surface area contributed by atoms with E-state index in [4.69, 9.17) is 4.74 Å². The third-order valence-electron chi connectivity index (χ3n) is 4.63. The van der Waals surface area contributed by atoms with Crippen LogP contribution in [-0.2, 0) is 18.3 Å². The van der Waals surface area contributed by atoms with E-state index in [9.17, 15) is 0 Å². The number of aromatic nitrogens is 6. The molecule has 1 saturated heterocycles. The second-order valence-corrected chi connectivity index (χ2v) is 6.30. The molecule has 0 bridgehead atoms. The molecule has 0 radical (unpaired) electrons. The van der Waals surface area contributed by atoms with E-state index in [1.54, 1.807) is 18.2 Å². The van der Waals surface area contributed by atoms with Crippen LogP contribution in [-0.4, -0.2) is 54.4 Å².